The molecule has 26 heavy (non-hydrogen) atoms. The lowest BCUT2D eigenvalue weighted by Gasteiger charge is -2.04. The molecule has 2 aromatic carbocycles. The highest BCUT2D eigenvalue weighted by Gasteiger charge is 2.09. The van der Waals surface area contributed by atoms with Crippen LogP contribution in [-0.4, -0.2) is 14.5 Å². The Morgan fingerprint density at radius 3 is 2.38 bits per heavy atom. The highest BCUT2D eigenvalue weighted by Crippen LogP contribution is 2.26. The van der Waals surface area contributed by atoms with Gasteiger partial charge >= 0.3 is 0 Å². The van der Waals surface area contributed by atoms with Gasteiger partial charge in [-0.25, -0.2) is 13.8 Å². The fourth-order valence-corrected chi connectivity index (χ4v) is 2.95. The number of benzene rings is 2. The third-order valence-corrected chi connectivity index (χ3v) is 4.35. The zero-order valence-electron chi connectivity index (χ0n) is 13.8. The van der Waals surface area contributed by atoms with Crippen LogP contribution in [0.1, 0.15) is 17.6 Å². The lowest BCUT2D eigenvalue weighted by atomic mass is 10.1. The minimum absolute atomic E-state index is 0.0000791. The molecule has 5 heteroatoms. The molecule has 0 amide bonds. The highest BCUT2D eigenvalue weighted by atomic mass is 19.3. The molecule has 0 aliphatic heterocycles. The van der Waals surface area contributed by atoms with E-state index in [4.69, 9.17) is 0 Å². The number of halogens is 2. The van der Waals surface area contributed by atoms with E-state index < -0.39 is 6.43 Å². The average Bonchev–Trinajstić information content (AvgIpc) is 3.11. The first-order valence-electron chi connectivity index (χ1n) is 8.21. The van der Waals surface area contributed by atoms with E-state index in [0.29, 0.717) is 0 Å². The van der Waals surface area contributed by atoms with Crippen molar-refractivity contribution in [2.24, 2.45) is 0 Å². The average molecular weight is 350 g/mol. The topological polar surface area (TPSA) is 37.5 Å². The lowest BCUT2D eigenvalue weighted by Crippen LogP contribution is -1.87. The summed E-state index contributed by atoms with van der Waals surface area (Å²) in [6, 6.07) is 17.8. The van der Waals surface area contributed by atoms with Crippen molar-refractivity contribution >= 4 is 5.65 Å². The smallest absolute Gasteiger partial charge is 0.263 e. The molecule has 2 aromatic heterocycles. The SMILES string of the molecule is OCc1cccc(-c2ccc3nc(-c4ccc(C(F)F)cc4)cn3c2)c1. The summed E-state index contributed by atoms with van der Waals surface area (Å²) in [7, 11) is 0. The van der Waals surface area contributed by atoms with Crippen LogP contribution in [0, 0.1) is 0 Å². The lowest BCUT2D eigenvalue weighted by molar-refractivity contribution is 0.151. The maximum atomic E-state index is 12.7. The third-order valence-electron chi connectivity index (χ3n) is 4.35. The molecule has 0 atom stereocenters. The molecule has 2 heterocycles. The molecular weight excluding hydrogens is 334 g/mol. The number of fused-ring (bicyclic) bond motifs is 1. The highest BCUT2D eigenvalue weighted by molar-refractivity contribution is 5.68. The standard InChI is InChI=1S/C21H16F2N2O/c22-21(23)16-6-4-15(5-7-16)19-12-25-11-18(8-9-20(25)24-19)17-3-1-2-14(10-17)13-26/h1-12,21,26H,13H2. The van der Waals surface area contributed by atoms with Crippen LogP contribution in [0.5, 0.6) is 0 Å². The molecule has 3 nitrogen and oxygen atoms in total. The van der Waals surface area contributed by atoms with E-state index in [2.05, 4.69) is 4.98 Å². The Bertz CT molecular complexity index is 1060. The van der Waals surface area contributed by atoms with Gasteiger partial charge in [0.25, 0.3) is 6.43 Å². The summed E-state index contributed by atoms with van der Waals surface area (Å²) in [4.78, 5) is 4.56. The minimum Gasteiger partial charge on any atom is -0.392 e. The quantitative estimate of drug-likeness (QED) is 0.556. The van der Waals surface area contributed by atoms with Gasteiger partial charge < -0.3 is 9.51 Å². The number of imidazole rings is 1. The van der Waals surface area contributed by atoms with Gasteiger partial charge in [-0.2, -0.15) is 0 Å². The van der Waals surface area contributed by atoms with Gasteiger partial charge in [-0.05, 0) is 34.9 Å². The van der Waals surface area contributed by atoms with E-state index in [1.54, 1.807) is 12.1 Å². The van der Waals surface area contributed by atoms with Crippen LogP contribution in [0.25, 0.3) is 28.0 Å². The Hall–Kier alpha value is -3.05. The summed E-state index contributed by atoms with van der Waals surface area (Å²) < 4.78 is 27.3. The monoisotopic (exact) mass is 350 g/mol. The van der Waals surface area contributed by atoms with E-state index in [1.165, 1.54) is 12.1 Å². The molecule has 0 radical (unpaired) electrons. The molecule has 0 spiro atoms. The number of nitrogens with zero attached hydrogens (tertiary/aromatic N) is 2. The van der Waals surface area contributed by atoms with Gasteiger partial charge in [-0.3, -0.25) is 0 Å². The number of aromatic nitrogens is 2. The van der Waals surface area contributed by atoms with Gasteiger partial charge in [0.15, 0.2) is 0 Å². The Kier molecular flexibility index (Phi) is 4.22. The maximum Gasteiger partial charge on any atom is 0.263 e. The first-order valence-corrected chi connectivity index (χ1v) is 8.21. The van der Waals surface area contributed by atoms with Crippen molar-refractivity contribution in [2.45, 2.75) is 13.0 Å². The molecule has 130 valence electrons. The van der Waals surface area contributed by atoms with Gasteiger partial charge in [0.2, 0.25) is 0 Å². The van der Waals surface area contributed by atoms with Crippen molar-refractivity contribution in [1.29, 1.82) is 0 Å². The number of alkyl halides is 2. The molecule has 4 aromatic rings. The second-order valence-corrected chi connectivity index (χ2v) is 6.09. The zero-order valence-corrected chi connectivity index (χ0v) is 13.8. The largest absolute Gasteiger partial charge is 0.392 e. The maximum absolute atomic E-state index is 12.7. The van der Waals surface area contributed by atoms with Gasteiger partial charge in [0, 0.05) is 23.5 Å². The molecule has 0 bridgehead atoms. The van der Waals surface area contributed by atoms with Crippen molar-refractivity contribution in [3.8, 4) is 22.4 Å². The van der Waals surface area contributed by atoms with Crippen molar-refractivity contribution in [2.75, 3.05) is 0 Å². The summed E-state index contributed by atoms with van der Waals surface area (Å²) in [5.74, 6) is 0. The van der Waals surface area contributed by atoms with Crippen LogP contribution in [-0.2, 0) is 6.61 Å². The predicted octanol–water partition coefficient (Wildman–Crippen LogP) is 5.10. The summed E-state index contributed by atoms with van der Waals surface area (Å²) in [6.45, 7) is -0.0000791. The third kappa shape index (κ3) is 3.09. The van der Waals surface area contributed by atoms with Crippen molar-refractivity contribution < 1.29 is 13.9 Å². The Balaban J connectivity index is 1.71. The molecule has 0 aliphatic carbocycles. The number of rotatable bonds is 4. The van der Waals surface area contributed by atoms with Gasteiger partial charge in [0.05, 0.1) is 12.3 Å². The van der Waals surface area contributed by atoms with E-state index in [-0.39, 0.29) is 12.2 Å². The van der Waals surface area contributed by atoms with Gasteiger partial charge in [-0.1, -0.05) is 42.5 Å². The molecule has 4 rings (SSSR count). The van der Waals surface area contributed by atoms with Gasteiger partial charge in [0.1, 0.15) is 5.65 Å². The normalized spacial score (nSPS) is 11.4. The molecule has 0 saturated heterocycles. The second-order valence-electron chi connectivity index (χ2n) is 6.09. The Labute approximate surface area is 149 Å². The van der Waals surface area contributed by atoms with Crippen LogP contribution in [0.3, 0.4) is 0 Å². The number of aliphatic hydroxyl groups is 1. The van der Waals surface area contributed by atoms with Crippen LogP contribution < -0.4 is 0 Å². The summed E-state index contributed by atoms with van der Waals surface area (Å²) in [6.07, 6.45) is 1.38. The van der Waals surface area contributed by atoms with Crippen LogP contribution in [0.15, 0.2) is 73.1 Å². The predicted molar refractivity (Wildman–Crippen MR) is 96.9 cm³/mol. The molecule has 1 N–H and O–H groups in total. The van der Waals surface area contributed by atoms with Crippen LogP contribution >= 0.6 is 0 Å². The van der Waals surface area contributed by atoms with E-state index in [1.807, 2.05) is 53.2 Å². The van der Waals surface area contributed by atoms with Crippen molar-refractivity contribution in [1.82, 2.24) is 9.38 Å². The molecule has 0 fully saturated rings. The molecule has 0 unspecified atom stereocenters. The van der Waals surface area contributed by atoms with E-state index >= 15 is 0 Å². The van der Waals surface area contributed by atoms with Crippen LogP contribution in [0.2, 0.25) is 0 Å². The first kappa shape index (κ1) is 16.4. The van der Waals surface area contributed by atoms with Crippen molar-refractivity contribution in [3.63, 3.8) is 0 Å². The van der Waals surface area contributed by atoms with E-state index in [9.17, 15) is 13.9 Å². The summed E-state index contributed by atoms with van der Waals surface area (Å²) >= 11 is 0. The number of aliphatic hydroxyl groups excluding tert-OH is 1. The summed E-state index contributed by atoms with van der Waals surface area (Å²) in [5, 5.41) is 9.30. The fourth-order valence-electron chi connectivity index (χ4n) is 2.95. The summed E-state index contributed by atoms with van der Waals surface area (Å²) in [5.41, 5.74) is 5.17. The Morgan fingerprint density at radius 2 is 1.65 bits per heavy atom. The number of hydrogen-bond acceptors (Lipinski definition) is 2. The second kappa shape index (κ2) is 6.69. The zero-order chi connectivity index (χ0) is 18.1. The Morgan fingerprint density at radius 1 is 0.885 bits per heavy atom. The van der Waals surface area contributed by atoms with Gasteiger partial charge in [-0.15, -0.1) is 0 Å². The first-order chi connectivity index (χ1) is 12.6. The molecule has 0 aliphatic rings. The fraction of sp³-hybridized carbons (Fsp3) is 0.0952. The van der Waals surface area contributed by atoms with Crippen molar-refractivity contribution in [3.05, 3.63) is 84.2 Å². The van der Waals surface area contributed by atoms with Crippen LogP contribution in [0.4, 0.5) is 8.78 Å². The molecule has 0 saturated carbocycles. The number of pyridine rings is 1. The number of hydrogen-bond donors (Lipinski definition) is 1. The van der Waals surface area contributed by atoms with E-state index in [0.717, 1.165) is 33.6 Å². The minimum atomic E-state index is -2.47. The molecular formula is C21H16F2N2O.